The van der Waals surface area contributed by atoms with Gasteiger partial charge in [0, 0.05) is 21.5 Å². The van der Waals surface area contributed by atoms with Gasteiger partial charge in [-0.15, -0.1) is 0 Å². The van der Waals surface area contributed by atoms with Gasteiger partial charge in [0.1, 0.15) is 4.75 Å². The van der Waals surface area contributed by atoms with Crippen LogP contribution in [0.1, 0.15) is 32.3 Å². The Bertz CT molecular complexity index is 950. The molecule has 1 aliphatic carbocycles. The molecule has 0 aromatic heterocycles. The van der Waals surface area contributed by atoms with Gasteiger partial charge in [-0.2, -0.15) is 0 Å². The molecule has 2 aromatic rings. The van der Waals surface area contributed by atoms with Crippen molar-refractivity contribution >= 4 is 43.3 Å². The van der Waals surface area contributed by atoms with Crippen LogP contribution in [0.4, 0.5) is 0 Å². The summed E-state index contributed by atoms with van der Waals surface area (Å²) < 4.78 is 25.1. The molecule has 1 saturated carbocycles. The summed E-state index contributed by atoms with van der Waals surface area (Å²) in [6.45, 7) is 3.30. The summed E-state index contributed by atoms with van der Waals surface area (Å²) in [5.41, 5.74) is 0.985. The Kier molecular flexibility index (Phi) is 5.45. The molecule has 4 nitrogen and oxygen atoms in total. The van der Waals surface area contributed by atoms with Crippen LogP contribution < -0.4 is 5.32 Å². The summed E-state index contributed by atoms with van der Waals surface area (Å²) in [5, 5.41) is 3.53. The fraction of sp³-hybridized carbons (Fsp3) is 0.350. The minimum absolute atomic E-state index is 0.127. The number of nitrogens with one attached hydrogen (secondary N) is 1. The molecule has 0 atom stereocenters. The molecule has 0 heterocycles. The molecular formula is C20H21BrClNO3S. The average Bonchev–Trinajstić information content (AvgIpc) is 3.41. The van der Waals surface area contributed by atoms with Crippen molar-refractivity contribution in [3.05, 3.63) is 63.6 Å². The highest BCUT2D eigenvalue weighted by atomic mass is 79.9. The fourth-order valence-electron chi connectivity index (χ4n) is 3.01. The Balaban J connectivity index is 1.75. The van der Waals surface area contributed by atoms with Crippen LogP contribution in [0.2, 0.25) is 5.02 Å². The van der Waals surface area contributed by atoms with Crippen molar-refractivity contribution in [2.45, 2.75) is 41.7 Å². The number of rotatable bonds is 6. The molecule has 1 amide bonds. The van der Waals surface area contributed by atoms with Crippen molar-refractivity contribution in [1.29, 1.82) is 0 Å². The van der Waals surface area contributed by atoms with Crippen molar-refractivity contribution in [2.75, 3.05) is 6.54 Å². The maximum Gasteiger partial charge on any atom is 0.241 e. The summed E-state index contributed by atoms with van der Waals surface area (Å²) in [6.07, 6.45) is 1.91. The van der Waals surface area contributed by atoms with Gasteiger partial charge in [-0.3, -0.25) is 4.79 Å². The quantitative estimate of drug-likeness (QED) is 0.676. The second-order valence-electron chi connectivity index (χ2n) is 7.44. The standard InChI is InChI=1S/C20H21BrClNO3S/c1-19(2,27(25,26)17-9-5-15(21)6-10-17)18(24)23-13-20(11-12-20)14-3-7-16(22)8-4-14/h3-10H,11-13H2,1-2H3,(H,23,24). The molecule has 0 aliphatic heterocycles. The maximum atomic E-state index is 13.0. The minimum atomic E-state index is -3.82. The summed E-state index contributed by atoms with van der Waals surface area (Å²) in [5.74, 6) is -0.495. The first-order valence-corrected chi connectivity index (χ1v) is 11.3. The average molecular weight is 471 g/mol. The molecule has 1 N–H and O–H groups in total. The Morgan fingerprint density at radius 3 is 2.19 bits per heavy atom. The smallest absolute Gasteiger partial charge is 0.241 e. The van der Waals surface area contributed by atoms with Crippen LogP contribution in [0.5, 0.6) is 0 Å². The number of hydrogen-bond acceptors (Lipinski definition) is 3. The molecule has 3 rings (SSSR count). The van der Waals surface area contributed by atoms with E-state index in [2.05, 4.69) is 21.2 Å². The van der Waals surface area contributed by atoms with Crippen LogP contribution >= 0.6 is 27.5 Å². The van der Waals surface area contributed by atoms with Crippen LogP contribution in [0.15, 0.2) is 57.9 Å². The van der Waals surface area contributed by atoms with E-state index in [9.17, 15) is 13.2 Å². The first-order valence-electron chi connectivity index (χ1n) is 8.63. The largest absolute Gasteiger partial charge is 0.354 e. The number of halogens is 2. The first kappa shape index (κ1) is 20.4. The van der Waals surface area contributed by atoms with E-state index >= 15 is 0 Å². The van der Waals surface area contributed by atoms with Crippen molar-refractivity contribution in [1.82, 2.24) is 5.32 Å². The summed E-state index contributed by atoms with van der Waals surface area (Å²) >= 11 is 9.24. The number of carbonyl (C=O) groups is 1. The van der Waals surface area contributed by atoms with Gasteiger partial charge >= 0.3 is 0 Å². The molecule has 1 aliphatic rings. The lowest BCUT2D eigenvalue weighted by Crippen LogP contribution is -2.49. The van der Waals surface area contributed by atoms with Gasteiger partial charge in [-0.1, -0.05) is 39.7 Å². The lowest BCUT2D eigenvalue weighted by atomic mass is 9.96. The molecule has 0 spiro atoms. The molecule has 27 heavy (non-hydrogen) atoms. The second kappa shape index (κ2) is 7.22. The number of hydrogen-bond donors (Lipinski definition) is 1. The molecule has 144 valence electrons. The third-order valence-corrected chi connectivity index (χ3v) is 8.44. The summed E-state index contributed by atoms with van der Waals surface area (Å²) in [6, 6.07) is 13.9. The Morgan fingerprint density at radius 1 is 1.11 bits per heavy atom. The Morgan fingerprint density at radius 2 is 1.67 bits per heavy atom. The van der Waals surface area contributed by atoms with Crippen molar-refractivity contribution < 1.29 is 13.2 Å². The molecule has 0 bridgehead atoms. The van der Waals surface area contributed by atoms with E-state index in [1.807, 2.05) is 24.3 Å². The summed E-state index contributed by atoms with van der Waals surface area (Å²) in [4.78, 5) is 12.9. The van der Waals surface area contributed by atoms with Crippen molar-refractivity contribution in [2.24, 2.45) is 0 Å². The molecule has 2 aromatic carbocycles. The molecular weight excluding hydrogens is 450 g/mol. The van der Waals surface area contributed by atoms with Gasteiger partial charge < -0.3 is 5.32 Å². The minimum Gasteiger partial charge on any atom is -0.354 e. The van der Waals surface area contributed by atoms with Crippen molar-refractivity contribution in [3.63, 3.8) is 0 Å². The highest BCUT2D eigenvalue weighted by Gasteiger charge is 2.47. The summed E-state index contributed by atoms with van der Waals surface area (Å²) in [7, 11) is -3.82. The van der Waals surface area contributed by atoms with Gasteiger partial charge in [0.2, 0.25) is 5.91 Å². The predicted octanol–water partition coefficient (Wildman–Crippen LogP) is 4.50. The van der Waals surface area contributed by atoms with E-state index in [4.69, 9.17) is 11.6 Å². The van der Waals surface area contributed by atoms with Crippen LogP contribution in [0, 0.1) is 0 Å². The number of carbonyl (C=O) groups excluding carboxylic acids is 1. The zero-order valence-corrected chi connectivity index (χ0v) is 18.3. The van der Waals surface area contributed by atoms with Gasteiger partial charge in [0.25, 0.3) is 0 Å². The first-order chi connectivity index (χ1) is 12.6. The third kappa shape index (κ3) is 3.93. The molecule has 0 radical (unpaired) electrons. The van der Waals surface area contributed by atoms with E-state index in [1.54, 1.807) is 12.1 Å². The lowest BCUT2D eigenvalue weighted by molar-refractivity contribution is -0.123. The molecule has 7 heteroatoms. The van der Waals surface area contributed by atoms with Gasteiger partial charge in [0.15, 0.2) is 9.84 Å². The third-order valence-electron chi connectivity index (χ3n) is 5.24. The zero-order valence-electron chi connectivity index (χ0n) is 15.1. The lowest BCUT2D eigenvalue weighted by Gasteiger charge is -2.26. The van der Waals surface area contributed by atoms with Crippen LogP contribution in [0.25, 0.3) is 0 Å². The monoisotopic (exact) mass is 469 g/mol. The van der Waals surface area contributed by atoms with E-state index in [1.165, 1.54) is 26.0 Å². The van der Waals surface area contributed by atoms with E-state index in [0.717, 1.165) is 22.9 Å². The van der Waals surface area contributed by atoms with E-state index in [-0.39, 0.29) is 10.3 Å². The highest BCUT2D eigenvalue weighted by Crippen LogP contribution is 2.48. The van der Waals surface area contributed by atoms with Crippen LogP contribution in [-0.2, 0) is 20.0 Å². The van der Waals surface area contributed by atoms with E-state index in [0.29, 0.717) is 11.6 Å². The fourth-order valence-corrected chi connectivity index (χ4v) is 4.80. The highest BCUT2D eigenvalue weighted by molar-refractivity contribution is 9.10. The maximum absolute atomic E-state index is 13.0. The number of sulfone groups is 1. The molecule has 0 unspecified atom stereocenters. The van der Waals surface area contributed by atoms with E-state index < -0.39 is 20.5 Å². The molecule has 1 fully saturated rings. The SMILES string of the molecule is CC(C)(C(=O)NCC1(c2ccc(Cl)cc2)CC1)S(=O)(=O)c1ccc(Br)cc1. The van der Waals surface area contributed by atoms with Crippen LogP contribution in [0.3, 0.4) is 0 Å². The normalized spacial score (nSPS) is 16.0. The zero-order chi connectivity index (χ0) is 19.9. The topological polar surface area (TPSA) is 63.2 Å². The van der Waals surface area contributed by atoms with Crippen LogP contribution in [-0.4, -0.2) is 25.6 Å². The van der Waals surface area contributed by atoms with Gasteiger partial charge in [0.05, 0.1) is 4.90 Å². The molecule has 0 saturated heterocycles. The predicted molar refractivity (Wildman–Crippen MR) is 111 cm³/mol. The van der Waals surface area contributed by atoms with Crippen molar-refractivity contribution in [3.8, 4) is 0 Å². The Hall–Kier alpha value is -1.37. The number of benzene rings is 2. The second-order valence-corrected chi connectivity index (χ2v) is 11.3. The van der Waals surface area contributed by atoms with Gasteiger partial charge in [-0.05, 0) is 68.7 Å². The van der Waals surface area contributed by atoms with Gasteiger partial charge in [-0.25, -0.2) is 8.42 Å². The Labute approximate surface area is 173 Å². The number of amides is 1.